The molecule has 1 amide bonds. The summed E-state index contributed by atoms with van der Waals surface area (Å²) in [5.41, 5.74) is 2.11. The van der Waals surface area contributed by atoms with Crippen molar-refractivity contribution in [3.63, 3.8) is 0 Å². The lowest BCUT2D eigenvalue weighted by molar-refractivity contribution is -0.112. The van der Waals surface area contributed by atoms with E-state index >= 15 is 0 Å². The van der Waals surface area contributed by atoms with Gasteiger partial charge in [-0.05, 0) is 19.1 Å². The van der Waals surface area contributed by atoms with Gasteiger partial charge in [-0.25, -0.2) is 0 Å². The van der Waals surface area contributed by atoms with Gasteiger partial charge in [-0.15, -0.1) is 0 Å². The number of hydrogen-bond donors (Lipinski definition) is 1. The second kappa shape index (κ2) is 5.27. The molecule has 2 rings (SSSR count). The van der Waals surface area contributed by atoms with E-state index in [-0.39, 0.29) is 0 Å². The van der Waals surface area contributed by atoms with Gasteiger partial charge in [0.1, 0.15) is 0 Å². The van der Waals surface area contributed by atoms with Gasteiger partial charge >= 0.3 is 0 Å². The van der Waals surface area contributed by atoms with Crippen LogP contribution in [0, 0.1) is 6.92 Å². The summed E-state index contributed by atoms with van der Waals surface area (Å²) in [6.45, 7) is 1.96. The summed E-state index contributed by atoms with van der Waals surface area (Å²) in [6.07, 6.45) is 0. The molecule has 0 atom stereocenters. The van der Waals surface area contributed by atoms with Crippen molar-refractivity contribution in [2.24, 2.45) is 0 Å². The fourth-order valence-corrected chi connectivity index (χ4v) is 1.55. The smallest absolute Gasteiger partial charge is 0.296 e. The van der Waals surface area contributed by atoms with Crippen LogP contribution in [0.15, 0.2) is 54.6 Å². The van der Waals surface area contributed by atoms with Crippen molar-refractivity contribution in [3.8, 4) is 0 Å². The number of carbonyl (C=O) groups excluding carboxylic acids is 2. The first-order valence-electron chi connectivity index (χ1n) is 5.64. The predicted molar refractivity (Wildman–Crippen MR) is 70.6 cm³/mol. The van der Waals surface area contributed by atoms with Gasteiger partial charge in [0.25, 0.3) is 11.7 Å². The molecule has 0 fully saturated rings. The lowest BCUT2D eigenvalue weighted by Crippen LogP contribution is -2.22. The minimum absolute atomic E-state index is 0.391. The van der Waals surface area contributed by atoms with E-state index in [1.165, 1.54) is 0 Å². The number of aryl methyl sites for hydroxylation is 1. The van der Waals surface area contributed by atoms with E-state index in [9.17, 15) is 9.59 Å². The van der Waals surface area contributed by atoms with Gasteiger partial charge in [0.2, 0.25) is 0 Å². The highest BCUT2D eigenvalue weighted by atomic mass is 16.2. The van der Waals surface area contributed by atoms with Crippen LogP contribution in [-0.4, -0.2) is 11.7 Å². The maximum atomic E-state index is 11.8. The fourth-order valence-electron chi connectivity index (χ4n) is 1.55. The molecule has 0 aliphatic rings. The Labute approximate surface area is 105 Å². The van der Waals surface area contributed by atoms with Crippen molar-refractivity contribution >= 4 is 17.4 Å². The Hall–Kier alpha value is -2.42. The third-order valence-corrected chi connectivity index (χ3v) is 2.55. The maximum absolute atomic E-state index is 11.8. The number of hydrogen-bond acceptors (Lipinski definition) is 2. The van der Waals surface area contributed by atoms with E-state index in [2.05, 4.69) is 5.32 Å². The quantitative estimate of drug-likeness (QED) is 0.661. The summed E-state index contributed by atoms with van der Waals surface area (Å²) in [5, 5.41) is 2.58. The molecule has 0 radical (unpaired) electrons. The molecular weight excluding hydrogens is 226 g/mol. The zero-order valence-corrected chi connectivity index (χ0v) is 10.0. The molecule has 0 spiro atoms. The zero-order chi connectivity index (χ0) is 13.0. The number of rotatable bonds is 3. The monoisotopic (exact) mass is 239 g/mol. The van der Waals surface area contributed by atoms with Crippen LogP contribution in [0.2, 0.25) is 0 Å². The molecule has 0 saturated heterocycles. The molecule has 18 heavy (non-hydrogen) atoms. The minimum atomic E-state index is -0.620. The SMILES string of the molecule is Cc1ccc(NC(=O)C(=O)c2ccccc2)cc1. The Bertz CT molecular complexity index is 559. The highest BCUT2D eigenvalue weighted by molar-refractivity contribution is 6.46. The Kier molecular flexibility index (Phi) is 3.53. The van der Waals surface area contributed by atoms with Gasteiger partial charge in [0.05, 0.1) is 0 Å². The van der Waals surface area contributed by atoms with Crippen molar-refractivity contribution in [2.45, 2.75) is 6.92 Å². The molecule has 3 nitrogen and oxygen atoms in total. The van der Waals surface area contributed by atoms with Crippen molar-refractivity contribution in [1.82, 2.24) is 0 Å². The van der Waals surface area contributed by atoms with Gasteiger partial charge in [-0.2, -0.15) is 0 Å². The number of carbonyl (C=O) groups is 2. The maximum Gasteiger partial charge on any atom is 0.296 e. The van der Waals surface area contributed by atoms with Crippen LogP contribution < -0.4 is 5.32 Å². The van der Waals surface area contributed by atoms with E-state index in [0.717, 1.165) is 5.56 Å². The number of anilines is 1. The summed E-state index contributed by atoms with van der Waals surface area (Å²) in [4.78, 5) is 23.5. The molecule has 1 N–H and O–H groups in total. The van der Waals surface area contributed by atoms with Crippen molar-refractivity contribution in [2.75, 3.05) is 5.32 Å². The number of ketones is 1. The molecule has 0 unspecified atom stereocenters. The standard InChI is InChI=1S/C15H13NO2/c1-11-7-9-13(10-8-11)16-15(18)14(17)12-5-3-2-4-6-12/h2-10H,1H3,(H,16,18). The molecule has 0 saturated carbocycles. The van der Waals surface area contributed by atoms with Gasteiger partial charge in [-0.1, -0.05) is 48.0 Å². The minimum Gasteiger partial charge on any atom is -0.319 e. The normalized spacial score (nSPS) is 9.83. The van der Waals surface area contributed by atoms with E-state index in [4.69, 9.17) is 0 Å². The molecule has 90 valence electrons. The average Bonchev–Trinajstić information content (AvgIpc) is 2.41. The second-order valence-electron chi connectivity index (χ2n) is 4.02. The van der Waals surface area contributed by atoms with Crippen LogP contribution in [0.25, 0.3) is 0 Å². The number of benzene rings is 2. The summed E-state index contributed by atoms with van der Waals surface area (Å²) in [6, 6.07) is 15.8. The van der Waals surface area contributed by atoms with E-state index < -0.39 is 11.7 Å². The average molecular weight is 239 g/mol. The van der Waals surface area contributed by atoms with Crippen molar-refractivity contribution < 1.29 is 9.59 Å². The highest BCUT2D eigenvalue weighted by Gasteiger charge is 2.15. The third-order valence-electron chi connectivity index (χ3n) is 2.55. The fraction of sp³-hybridized carbons (Fsp3) is 0.0667. The molecule has 0 aromatic heterocycles. The molecular formula is C15H13NO2. The summed E-state index contributed by atoms with van der Waals surface area (Å²) in [5.74, 6) is -1.15. The van der Waals surface area contributed by atoms with Crippen LogP contribution in [0.4, 0.5) is 5.69 Å². The summed E-state index contributed by atoms with van der Waals surface area (Å²) < 4.78 is 0. The van der Waals surface area contributed by atoms with Gasteiger partial charge in [0.15, 0.2) is 0 Å². The Morgan fingerprint density at radius 2 is 1.50 bits per heavy atom. The number of nitrogens with one attached hydrogen (secondary N) is 1. The van der Waals surface area contributed by atoms with Crippen LogP contribution in [0.5, 0.6) is 0 Å². The first-order valence-corrected chi connectivity index (χ1v) is 5.64. The molecule has 3 heteroatoms. The third kappa shape index (κ3) is 2.83. The molecule has 0 aliphatic carbocycles. The summed E-state index contributed by atoms with van der Waals surface area (Å²) in [7, 11) is 0. The van der Waals surface area contributed by atoms with Gasteiger partial charge in [-0.3, -0.25) is 9.59 Å². The van der Waals surface area contributed by atoms with Crippen LogP contribution in [-0.2, 0) is 4.79 Å². The zero-order valence-electron chi connectivity index (χ0n) is 10.0. The Balaban J connectivity index is 2.09. The highest BCUT2D eigenvalue weighted by Crippen LogP contribution is 2.09. The van der Waals surface area contributed by atoms with Gasteiger partial charge in [0, 0.05) is 11.3 Å². The van der Waals surface area contributed by atoms with Gasteiger partial charge < -0.3 is 5.32 Å². The second-order valence-corrected chi connectivity index (χ2v) is 4.02. The largest absolute Gasteiger partial charge is 0.319 e. The lowest BCUT2D eigenvalue weighted by Gasteiger charge is -2.04. The van der Waals surface area contributed by atoms with Crippen LogP contribution >= 0.6 is 0 Å². The topological polar surface area (TPSA) is 46.2 Å². The number of amides is 1. The summed E-state index contributed by atoms with van der Waals surface area (Å²) >= 11 is 0. The molecule has 0 aliphatic heterocycles. The Morgan fingerprint density at radius 3 is 2.11 bits per heavy atom. The first-order chi connectivity index (χ1) is 8.66. The predicted octanol–water partition coefficient (Wildman–Crippen LogP) is 2.82. The van der Waals surface area contributed by atoms with E-state index in [1.807, 2.05) is 19.1 Å². The van der Waals surface area contributed by atoms with Crippen molar-refractivity contribution in [1.29, 1.82) is 0 Å². The van der Waals surface area contributed by atoms with Crippen LogP contribution in [0.3, 0.4) is 0 Å². The number of Topliss-reactive ketones (excluding diaryl/α,β-unsaturated/α-hetero) is 1. The van der Waals surface area contributed by atoms with E-state index in [0.29, 0.717) is 11.3 Å². The molecule has 2 aromatic rings. The van der Waals surface area contributed by atoms with Crippen molar-refractivity contribution in [3.05, 3.63) is 65.7 Å². The van der Waals surface area contributed by atoms with E-state index in [1.54, 1.807) is 42.5 Å². The lowest BCUT2D eigenvalue weighted by atomic mass is 10.1. The molecule has 2 aromatic carbocycles. The van der Waals surface area contributed by atoms with Crippen LogP contribution in [0.1, 0.15) is 15.9 Å². The Morgan fingerprint density at radius 1 is 0.889 bits per heavy atom. The first kappa shape index (κ1) is 12.0. The molecule has 0 heterocycles. The molecule has 0 bridgehead atoms.